The molecular formula is C32H65NO2. The molecule has 0 radical (unpaired) electrons. The Labute approximate surface area is 221 Å². The van der Waals surface area contributed by atoms with E-state index in [1.807, 2.05) is 0 Å². The number of carboxylic acid groups (broad SMARTS) is 1. The number of aliphatic carboxylic acids is 1. The lowest BCUT2D eigenvalue weighted by Gasteiger charge is -2.29. The van der Waals surface area contributed by atoms with E-state index in [0.717, 1.165) is 38.8 Å². The van der Waals surface area contributed by atoms with Crippen LogP contribution in [0.4, 0.5) is 0 Å². The first kappa shape index (κ1) is 34.4. The lowest BCUT2D eigenvalue weighted by atomic mass is 10.0. The van der Waals surface area contributed by atoms with Gasteiger partial charge < -0.3 is 5.11 Å². The topological polar surface area (TPSA) is 40.5 Å². The van der Waals surface area contributed by atoms with Crippen LogP contribution in [0.5, 0.6) is 0 Å². The van der Waals surface area contributed by atoms with Gasteiger partial charge in [-0.25, -0.2) is 0 Å². The predicted octanol–water partition coefficient (Wildman–Crippen LogP) is 10.6. The summed E-state index contributed by atoms with van der Waals surface area (Å²) < 4.78 is 0. The van der Waals surface area contributed by atoms with Crippen LogP contribution in [0.1, 0.15) is 181 Å². The highest BCUT2D eigenvalue weighted by molar-refractivity contribution is 5.73. The van der Waals surface area contributed by atoms with Gasteiger partial charge in [0.05, 0.1) is 0 Å². The quantitative estimate of drug-likeness (QED) is 0.105. The van der Waals surface area contributed by atoms with Crippen LogP contribution in [0.15, 0.2) is 0 Å². The van der Waals surface area contributed by atoms with E-state index < -0.39 is 5.97 Å². The van der Waals surface area contributed by atoms with Gasteiger partial charge in [-0.1, -0.05) is 162 Å². The van der Waals surface area contributed by atoms with E-state index in [0.29, 0.717) is 0 Å². The van der Waals surface area contributed by atoms with E-state index in [9.17, 15) is 9.90 Å². The van der Waals surface area contributed by atoms with Crippen LogP contribution in [-0.2, 0) is 4.79 Å². The normalized spacial score (nSPS) is 12.5. The highest BCUT2D eigenvalue weighted by Crippen LogP contribution is 2.17. The van der Waals surface area contributed by atoms with Crippen LogP contribution in [0.3, 0.4) is 0 Å². The molecule has 0 spiro atoms. The molecule has 0 rings (SSSR count). The van der Waals surface area contributed by atoms with Crippen LogP contribution in [0.25, 0.3) is 0 Å². The molecule has 0 saturated carbocycles. The van der Waals surface area contributed by atoms with E-state index in [4.69, 9.17) is 0 Å². The van der Waals surface area contributed by atoms with Gasteiger partial charge in [0.25, 0.3) is 0 Å². The molecule has 0 heterocycles. The summed E-state index contributed by atoms with van der Waals surface area (Å²) in [5.74, 6) is -0.591. The fraction of sp³-hybridized carbons (Fsp3) is 0.969. The molecule has 0 fully saturated rings. The highest BCUT2D eigenvalue weighted by Gasteiger charge is 2.24. The number of hydrogen-bond acceptors (Lipinski definition) is 2. The van der Waals surface area contributed by atoms with Gasteiger partial charge >= 0.3 is 5.97 Å². The second-order valence-electron chi connectivity index (χ2n) is 11.1. The Morgan fingerprint density at radius 2 is 0.771 bits per heavy atom. The first-order chi connectivity index (χ1) is 17.2. The molecule has 0 aromatic carbocycles. The zero-order chi connectivity index (χ0) is 25.8. The maximum Gasteiger partial charge on any atom is 0.320 e. The summed E-state index contributed by atoms with van der Waals surface area (Å²) in [5.41, 5.74) is 0. The molecule has 0 aliphatic carbocycles. The molecule has 0 aromatic rings. The number of carboxylic acids is 1. The second-order valence-corrected chi connectivity index (χ2v) is 11.1. The summed E-state index contributed by atoms with van der Waals surface area (Å²) >= 11 is 0. The largest absolute Gasteiger partial charge is 0.480 e. The standard InChI is InChI=1S/C32H65NO2/c1-4-7-10-13-16-19-22-25-28-31(32(34)35)33(29-26-23-20-17-14-11-8-5-2)30-27-24-21-18-15-12-9-6-3/h31H,4-30H2,1-3H3,(H,34,35). The average molecular weight is 496 g/mol. The van der Waals surface area contributed by atoms with Gasteiger partial charge in [-0.2, -0.15) is 0 Å². The second kappa shape index (κ2) is 28.0. The molecular weight excluding hydrogens is 430 g/mol. The lowest BCUT2D eigenvalue weighted by Crippen LogP contribution is -2.42. The molecule has 210 valence electrons. The summed E-state index contributed by atoms with van der Waals surface area (Å²) in [4.78, 5) is 14.6. The van der Waals surface area contributed by atoms with E-state index in [1.54, 1.807) is 0 Å². The maximum atomic E-state index is 12.2. The predicted molar refractivity (Wildman–Crippen MR) is 155 cm³/mol. The third-order valence-electron chi connectivity index (χ3n) is 7.65. The average Bonchev–Trinajstić information content (AvgIpc) is 2.85. The molecule has 35 heavy (non-hydrogen) atoms. The zero-order valence-electron chi connectivity index (χ0n) is 24.5. The van der Waals surface area contributed by atoms with Crippen LogP contribution in [0, 0.1) is 0 Å². The fourth-order valence-corrected chi connectivity index (χ4v) is 5.25. The van der Waals surface area contributed by atoms with Crippen molar-refractivity contribution in [1.82, 2.24) is 4.90 Å². The number of nitrogens with zero attached hydrogens (tertiary/aromatic N) is 1. The van der Waals surface area contributed by atoms with Crippen molar-refractivity contribution in [3.05, 3.63) is 0 Å². The molecule has 0 aromatic heterocycles. The van der Waals surface area contributed by atoms with Gasteiger partial charge in [-0.15, -0.1) is 0 Å². The van der Waals surface area contributed by atoms with E-state index >= 15 is 0 Å². The number of unbranched alkanes of at least 4 members (excludes halogenated alkanes) is 21. The minimum atomic E-state index is -0.591. The molecule has 0 aliphatic heterocycles. The number of hydrogen-bond donors (Lipinski definition) is 1. The number of carbonyl (C=O) groups is 1. The molecule has 1 N–H and O–H groups in total. The van der Waals surface area contributed by atoms with Crippen LogP contribution < -0.4 is 0 Å². The van der Waals surface area contributed by atoms with Crippen LogP contribution >= 0.6 is 0 Å². The minimum absolute atomic E-state index is 0.274. The Kier molecular flexibility index (Phi) is 27.6. The van der Waals surface area contributed by atoms with Gasteiger partial charge in [0, 0.05) is 0 Å². The van der Waals surface area contributed by atoms with Gasteiger partial charge in [-0.3, -0.25) is 9.69 Å². The summed E-state index contributed by atoms with van der Waals surface area (Å²) in [6, 6.07) is -0.274. The van der Waals surface area contributed by atoms with E-state index in [1.165, 1.54) is 135 Å². The maximum absolute atomic E-state index is 12.2. The van der Waals surface area contributed by atoms with Crippen LogP contribution in [-0.4, -0.2) is 35.1 Å². The van der Waals surface area contributed by atoms with Crippen molar-refractivity contribution >= 4 is 5.97 Å². The summed E-state index contributed by atoms with van der Waals surface area (Å²) in [5, 5.41) is 10.0. The summed E-state index contributed by atoms with van der Waals surface area (Å²) in [6.45, 7) is 8.75. The SMILES string of the molecule is CCCCCCCCCCC(C(=O)O)N(CCCCCCCCCC)CCCCCCCCCC. The van der Waals surface area contributed by atoms with Gasteiger partial charge in [0.15, 0.2) is 0 Å². The van der Waals surface area contributed by atoms with Crippen molar-refractivity contribution < 1.29 is 9.90 Å². The Hall–Kier alpha value is -0.570. The van der Waals surface area contributed by atoms with Gasteiger partial charge in [0.2, 0.25) is 0 Å². The monoisotopic (exact) mass is 496 g/mol. The van der Waals surface area contributed by atoms with Crippen molar-refractivity contribution in [3.63, 3.8) is 0 Å². The molecule has 1 unspecified atom stereocenters. The van der Waals surface area contributed by atoms with Crippen LogP contribution in [0.2, 0.25) is 0 Å². The smallest absolute Gasteiger partial charge is 0.320 e. The van der Waals surface area contributed by atoms with Crippen molar-refractivity contribution in [2.75, 3.05) is 13.1 Å². The van der Waals surface area contributed by atoms with Crippen molar-refractivity contribution in [2.45, 2.75) is 187 Å². The molecule has 0 aliphatic rings. The highest BCUT2D eigenvalue weighted by atomic mass is 16.4. The van der Waals surface area contributed by atoms with E-state index in [2.05, 4.69) is 25.7 Å². The summed E-state index contributed by atoms with van der Waals surface area (Å²) in [6.07, 6.45) is 32.0. The first-order valence-electron chi connectivity index (χ1n) is 16.1. The molecule has 3 nitrogen and oxygen atoms in total. The molecule has 0 bridgehead atoms. The summed E-state index contributed by atoms with van der Waals surface area (Å²) in [7, 11) is 0. The van der Waals surface area contributed by atoms with Crippen molar-refractivity contribution in [1.29, 1.82) is 0 Å². The third kappa shape index (κ3) is 23.6. The number of rotatable bonds is 29. The van der Waals surface area contributed by atoms with Gasteiger partial charge in [-0.05, 0) is 32.4 Å². The third-order valence-corrected chi connectivity index (χ3v) is 7.65. The molecule has 0 saturated heterocycles. The first-order valence-corrected chi connectivity index (χ1v) is 16.1. The molecule has 3 heteroatoms. The van der Waals surface area contributed by atoms with E-state index in [-0.39, 0.29) is 6.04 Å². The van der Waals surface area contributed by atoms with Crippen molar-refractivity contribution in [3.8, 4) is 0 Å². The fourth-order valence-electron chi connectivity index (χ4n) is 5.25. The Bertz CT molecular complexity index is 406. The molecule has 1 atom stereocenters. The minimum Gasteiger partial charge on any atom is -0.480 e. The Morgan fingerprint density at radius 1 is 0.486 bits per heavy atom. The van der Waals surface area contributed by atoms with Gasteiger partial charge in [0.1, 0.15) is 6.04 Å². The Balaban J connectivity index is 4.38. The zero-order valence-corrected chi connectivity index (χ0v) is 24.5. The van der Waals surface area contributed by atoms with Crippen molar-refractivity contribution in [2.24, 2.45) is 0 Å². The lowest BCUT2D eigenvalue weighted by molar-refractivity contribution is -0.143. The molecule has 0 amide bonds. The Morgan fingerprint density at radius 3 is 1.09 bits per heavy atom.